The molecule has 3 N–H and O–H groups in total. The van der Waals surface area contributed by atoms with Crippen LogP contribution in [0.2, 0.25) is 5.02 Å². The summed E-state index contributed by atoms with van der Waals surface area (Å²) in [7, 11) is 0. The molecule has 2 heterocycles. The van der Waals surface area contributed by atoms with Gasteiger partial charge in [0.1, 0.15) is 17.8 Å². The van der Waals surface area contributed by atoms with Crippen LogP contribution in [0, 0.1) is 0 Å². The number of aromatic nitrogens is 2. The van der Waals surface area contributed by atoms with Crippen molar-refractivity contribution >= 4 is 23.3 Å². The van der Waals surface area contributed by atoms with Crippen molar-refractivity contribution in [3.63, 3.8) is 0 Å². The average Bonchev–Trinajstić information content (AvgIpc) is 2.59. The lowest BCUT2D eigenvalue weighted by Crippen LogP contribution is -2.38. The van der Waals surface area contributed by atoms with Gasteiger partial charge in [-0.1, -0.05) is 23.7 Å². The summed E-state index contributed by atoms with van der Waals surface area (Å²) in [5, 5.41) is 4.13. The quantitative estimate of drug-likeness (QED) is 0.868. The van der Waals surface area contributed by atoms with Crippen molar-refractivity contribution in [2.75, 3.05) is 18.4 Å². The fourth-order valence-electron chi connectivity index (χ4n) is 2.86. The Bertz CT molecular complexity index is 698. The zero-order valence-electron chi connectivity index (χ0n) is 13.3. The van der Waals surface area contributed by atoms with Gasteiger partial charge in [-0.25, -0.2) is 9.97 Å². The zero-order chi connectivity index (χ0) is 16.9. The first kappa shape index (κ1) is 16.7. The van der Waals surface area contributed by atoms with E-state index in [-0.39, 0.29) is 5.69 Å². The average molecular weight is 346 g/mol. The number of piperidine rings is 1. The van der Waals surface area contributed by atoms with Crippen LogP contribution >= 0.6 is 11.6 Å². The molecule has 1 aliphatic rings. The molecule has 0 unspecified atom stereocenters. The standard InChI is InChI=1S/C17H20ClN5O/c18-13-3-1-12(2-4-13)10-23-7-5-14(6-8-23)22-16-9-15(17(19)24)20-11-21-16/h1-4,9,11,14H,5-8,10H2,(H2,19,24)(H,20,21,22). The number of rotatable bonds is 5. The Kier molecular flexibility index (Phi) is 5.27. The van der Waals surface area contributed by atoms with Crippen molar-refractivity contribution in [2.24, 2.45) is 5.73 Å². The molecule has 126 valence electrons. The van der Waals surface area contributed by atoms with Gasteiger partial charge in [0.25, 0.3) is 5.91 Å². The first-order valence-corrected chi connectivity index (χ1v) is 8.33. The number of hydrogen-bond donors (Lipinski definition) is 2. The highest BCUT2D eigenvalue weighted by atomic mass is 35.5. The maximum atomic E-state index is 11.2. The van der Waals surface area contributed by atoms with Crippen LogP contribution in [-0.2, 0) is 6.54 Å². The lowest BCUT2D eigenvalue weighted by molar-refractivity contribution is 0.0995. The van der Waals surface area contributed by atoms with E-state index in [9.17, 15) is 4.79 Å². The third-order valence-electron chi connectivity index (χ3n) is 4.18. The number of nitrogens with zero attached hydrogens (tertiary/aromatic N) is 3. The second-order valence-corrected chi connectivity index (χ2v) is 6.41. The Labute approximate surface area is 146 Å². The van der Waals surface area contributed by atoms with Crippen LogP contribution in [0.1, 0.15) is 28.9 Å². The van der Waals surface area contributed by atoms with E-state index in [1.165, 1.54) is 11.9 Å². The molecule has 1 aliphatic heterocycles. The minimum Gasteiger partial charge on any atom is -0.367 e. The molecule has 0 saturated carbocycles. The molecule has 1 amide bonds. The molecule has 3 rings (SSSR count). The van der Waals surface area contributed by atoms with Crippen molar-refractivity contribution in [3.05, 3.63) is 52.9 Å². The summed E-state index contributed by atoms with van der Waals surface area (Å²) in [6.45, 7) is 2.95. The number of anilines is 1. The number of halogens is 1. The molecule has 0 aliphatic carbocycles. The first-order chi connectivity index (χ1) is 11.6. The van der Waals surface area contributed by atoms with Crippen LogP contribution in [0.25, 0.3) is 0 Å². The van der Waals surface area contributed by atoms with Crippen LogP contribution < -0.4 is 11.1 Å². The van der Waals surface area contributed by atoms with E-state index < -0.39 is 5.91 Å². The molecule has 6 nitrogen and oxygen atoms in total. The van der Waals surface area contributed by atoms with Gasteiger partial charge in [0.2, 0.25) is 0 Å². The topological polar surface area (TPSA) is 84.1 Å². The van der Waals surface area contributed by atoms with E-state index in [4.69, 9.17) is 17.3 Å². The molecule has 24 heavy (non-hydrogen) atoms. The van der Waals surface area contributed by atoms with Gasteiger partial charge < -0.3 is 11.1 Å². The van der Waals surface area contributed by atoms with E-state index in [1.807, 2.05) is 12.1 Å². The third-order valence-corrected chi connectivity index (χ3v) is 4.43. The van der Waals surface area contributed by atoms with Crippen LogP contribution in [0.5, 0.6) is 0 Å². The highest BCUT2D eigenvalue weighted by Crippen LogP contribution is 2.18. The van der Waals surface area contributed by atoms with E-state index in [1.54, 1.807) is 6.07 Å². The second kappa shape index (κ2) is 7.59. The predicted molar refractivity (Wildman–Crippen MR) is 93.9 cm³/mol. The number of nitrogens with two attached hydrogens (primary N) is 1. The summed E-state index contributed by atoms with van der Waals surface area (Å²) in [6.07, 6.45) is 3.39. The van der Waals surface area contributed by atoms with E-state index >= 15 is 0 Å². The van der Waals surface area contributed by atoms with E-state index in [0.29, 0.717) is 11.9 Å². The molecule has 1 fully saturated rings. The Hall–Kier alpha value is -2.18. The van der Waals surface area contributed by atoms with E-state index in [2.05, 4.69) is 32.3 Å². The van der Waals surface area contributed by atoms with Crippen molar-refractivity contribution in [1.82, 2.24) is 14.9 Å². The van der Waals surface area contributed by atoms with Gasteiger partial charge in [0, 0.05) is 36.8 Å². The molecule has 0 bridgehead atoms. The van der Waals surface area contributed by atoms with Crippen LogP contribution in [-0.4, -0.2) is 39.9 Å². The molecule has 0 spiro atoms. The lowest BCUT2D eigenvalue weighted by atomic mass is 10.0. The molecule has 7 heteroatoms. The normalized spacial score (nSPS) is 16.0. The number of carbonyl (C=O) groups is 1. The summed E-state index contributed by atoms with van der Waals surface area (Å²) in [6, 6.07) is 9.93. The third kappa shape index (κ3) is 4.43. The summed E-state index contributed by atoms with van der Waals surface area (Å²) in [5.41, 5.74) is 6.75. The maximum absolute atomic E-state index is 11.2. The van der Waals surface area contributed by atoms with Crippen LogP contribution in [0.4, 0.5) is 5.82 Å². The molecular weight excluding hydrogens is 326 g/mol. The molecule has 2 aromatic rings. The van der Waals surface area contributed by atoms with Crippen LogP contribution in [0.15, 0.2) is 36.7 Å². The molecule has 1 aromatic heterocycles. The minimum absolute atomic E-state index is 0.229. The number of benzene rings is 1. The molecule has 1 saturated heterocycles. The largest absolute Gasteiger partial charge is 0.367 e. The highest BCUT2D eigenvalue weighted by Gasteiger charge is 2.19. The van der Waals surface area contributed by atoms with Gasteiger partial charge in [-0.2, -0.15) is 0 Å². The molecular formula is C17H20ClN5O. The Morgan fingerprint density at radius 2 is 1.96 bits per heavy atom. The minimum atomic E-state index is -0.543. The highest BCUT2D eigenvalue weighted by molar-refractivity contribution is 6.30. The number of amides is 1. The number of carbonyl (C=O) groups excluding carboxylic acids is 1. The van der Waals surface area contributed by atoms with Crippen molar-refractivity contribution in [1.29, 1.82) is 0 Å². The number of nitrogens with one attached hydrogen (secondary N) is 1. The van der Waals surface area contributed by atoms with Gasteiger partial charge >= 0.3 is 0 Å². The lowest BCUT2D eigenvalue weighted by Gasteiger charge is -2.32. The zero-order valence-corrected chi connectivity index (χ0v) is 14.0. The van der Waals surface area contributed by atoms with Crippen molar-refractivity contribution in [2.45, 2.75) is 25.4 Å². The maximum Gasteiger partial charge on any atom is 0.267 e. The summed E-state index contributed by atoms with van der Waals surface area (Å²) in [4.78, 5) is 21.6. The molecule has 0 atom stereocenters. The SMILES string of the molecule is NC(=O)c1cc(NC2CCN(Cc3ccc(Cl)cc3)CC2)ncn1. The Morgan fingerprint density at radius 1 is 1.25 bits per heavy atom. The monoisotopic (exact) mass is 345 g/mol. The van der Waals surface area contributed by atoms with Gasteiger partial charge in [-0.05, 0) is 30.5 Å². The van der Waals surface area contributed by atoms with Crippen LogP contribution in [0.3, 0.4) is 0 Å². The van der Waals surface area contributed by atoms with Gasteiger partial charge in [0.05, 0.1) is 0 Å². The number of primary amides is 1. The van der Waals surface area contributed by atoms with Crippen molar-refractivity contribution < 1.29 is 4.79 Å². The van der Waals surface area contributed by atoms with Crippen molar-refractivity contribution in [3.8, 4) is 0 Å². The Morgan fingerprint density at radius 3 is 2.62 bits per heavy atom. The summed E-state index contributed by atoms with van der Waals surface area (Å²) in [5.74, 6) is 0.105. The first-order valence-electron chi connectivity index (χ1n) is 7.95. The van der Waals surface area contributed by atoms with Gasteiger partial charge in [-0.3, -0.25) is 9.69 Å². The summed E-state index contributed by atoms with van der Waals surface area (Å²) >= 11 is 5.92. The predicted octanol–water partition coefficient (Wildman–Crippen LogP) is 2.31. The fraction of sp³-hybridized carbons (Fsp3) is 0.353. The fourth-order valence-corrected chi connectivity index (χ4v) is 2.99. The summed E-state index contributed by atoms with van der Waals surface area (Å²) < 4.78 is 0. The number of hydrogen-bond acceptors (Lipinski definition) is 5. The number of likely N-dealkylation sites (tertiary alicyclic amines) is 1. The smallest absolute Gasteiger partial charge is 0.267 e. The second-order valence-electron chi connectivity index (χ2n) is 5.97. The Balaban J connectivity index is 1.51. The van der Waals surface area contributed by atoms with E-state index in [0.717, 1.165) is 37.5 Å². The van der Waals surface area contributed by atoms with Gasteiger partial charge in [0.15, 0.2) is 0 Å². The molecule has 0 radical (unpaired) electrons. The van der Waals surface area contributed by atoms with Gasteiger partial charge in [-0.15, -0.1) is 0 Å². The molecule has 1 aromatic carbocycles.